The standard InChI is InChI=1S/C12H10ClN3O2S/c1-6(17)7-2-3-9(8(13)4-7)19-12-15-10(14)5-11(18)16-12/h2-5H,1H3,(H3,14,15,16,18). The van der Waals surface area contributed by atoms with Crippen LogP contribution in [0, 0.1) is 0 Å². The number of nitrogen functional groups attached to an aromatic ring is 1. The van der Waals surface area contributed by atoms with E-state index in [9.17, 15) is 9.59 Å². The molecule has 0 unspecified atom stereocenters. The molecule has 1 heterocycles. The molecule has 2 rings (SSSR count). The minimum atomic E-state index is -0.327. The number of hydrogen-bond acceptors (Lipinski definition) is 5. The van der Waals surface area contributed by atoms with Crippen molar-refractivity contribution in [2.24, 2.45) is 0 Å². The molecule has 0 aliphatic heterocycles. The third-order valence-corrected chi connectivity index (χ3v) is 3.67. The highest BCUT2D eigenvalue weighted by atomic mass is 35.5. The van der Waals surface area contributed by atoms with Crippen molar-refractivity contribution < 1.29 is 4.79 Å². The molecule has 0 aliphatic rings. The molecule has 0 radical (unpaired) electrons. The molecule has 98 valence electrons. The van der Waals surface area contributed by atoms with E-state index in [4.69, 9.17) is 17.3 Å². The lowest BCUT2D eigenvalue weighted by atomic mass is 10.1. The summed E-state index contributed by atoms with van der Waals surface area (Å²) in [5.41, 5.74) is 5.70. The maximum Gasteiger partial charge on any atom is 0.253 e. The molecule has 0 saturated heterocycles. The average molecular weight is 296 g/mol. The van der Waals surface area contributed by atoms with E-state index in [1.54, 1.807) is 18.2 Å². The van der Waals surface area contributed by atoms with Crippen LogP contribution in [0.5, 0.6) is 0 Å². The molecule has 0 spiro atoms. The molecular formula is C12H10ClN3O2S. The largest absolute Gasteiger partial charge is 0.383 e. The molecule has 0 amide bonds. The summed E-state index contributed by atoms with van der Waals surface area (Å²) in [5, 5.41) is 0.769. The molecule has 3 N–H and O–H groups in total. The number of nitrogens with zero attached hydrogens (tertiary/aromatic N) is 1. The number of anilines is 1. The first kappa shape index (κ1) is 13.6. The number of carbonyl (C=O) groups excluding carboxylic acids is 1. The van der Waals surface area contributed by atoms with Crippen LogP contribution < -0.4 is 11.3 Å². The van der Waals surface area contributed by atoms with Crippen LogP contribution in [-0.2, 0) is 0 Å². The summed E-state index contributed by atoms with van der Waals surface area (Å²) in [6.07, 6.45) is 0. The summed E-state index contributed by atoms with van der Waals surface area (Å²) < 4.78 is 0. The Morgan fingerprint density at radius 3 is 2.74 bits per heavy atom. The summed E-state index contributed by atoms with van der Waals surface area (Å²) >= 11 is 7.25. The van der Waals surface area contributed by atoms with Crippen molar-refractivity contribution in [3.05, 3.63) is 45.2 Å². The Kier molecular flexibility index (Phi) is 3.92. The van der Waals surface area contributed by atoms with Gasteiger partial charge in [-0.1, -0.05) is 29.4 Å². The average Bonchev–Trinajstić information content (AvgIpc) is 2.30. The smallest absolute Gasteiger partial charge is 0.253 e. The summed E-state index contributed by atoms with van der Waals surface area (Å²) in [4.78, 5) is 29.7. The lowest BCUT2D eigenvalue weighted by Gasteiger charge is -2.05. The molecule has 0 aliphatic carbocycles. The minimum absolute atomic E-state index is 0.0612. The Labute approximate surface area is 118 Å². The van der Waals surface area contributed by atoms with E-state index in [1.807, 2.05) is 0 Å². The van der Waals surface area contributed by atoms with Crippen molar-refractivity contribution in [1.29, 1.82) is 0 Å². The molecule has 19 heavy (non-hydrogen) atoms. The molecule has 7 heteroatoms. The van der Waals surface area contributed by atoms with Crippen molar-refractivity contribution >= 4 is 35.0 Å². The Bertz CT molecular complexity index is 700. The maximum atomic E-state index is 11.3. The summed E-state index contributed by atoms with van der Waals surface area (Å²) in [5.74, 6) is 0.0802. The maximum absolute atomic E-state index is 11.3. The zero-order chi connectivity index (χ0) is 14.0. The van der Waals surface area contributed by atoms with Crippen molar-refractivity contribution in [2.45, 2.75) is 17.0 Å². The molecular weight excluding hydrogens is 286 g/mol. The number of aromatic amines is 1. The van der Waals surface area contributed by atoms with E-state index in [2.05, 4.69) is 9.97 Å². The van der Waals surface area contributed by atoms with Gasteiger partial charge in [-0.05, 0) is 19.1 Å². The fourth-order valence-electron chi connectivity index (χ4n) is 1.41. The highest BCUT2D eigenvalue weighted by molar-refractivity contribution is 7.99. The van der Waals surface area contributed by atoms with E-state index in [0.717, 1.165) is 0 Å². The van der Waals surface area contributed by atoms with Crippen LogP contribution in [0.2, 0.25) is 5.02 Å². The lowest BCUT2D eigenvalue weighted by Crippen LogP contribution is -2.09. The Balaban J connectivity index is 2.33. The van der Waals surface area contributed by atoms with E-state index in [-0.39, 0.29) is 17.2 Å². The second-order valence-electron chi connectivity index (χ2n) is 3.78. The number of nitrogens with two attached hydrogens (primary N) is 1. The number of benzene rings is 1. The summed E-state index contributed by atoms with van der Waals surface area (Å²) in [6.45, 7) is 1.47. The quantitative estimate of drug-likeness (QED) is 0.670. The Morgan fingerprint density at radius 2 is 2.16 bits per heavy atom. The molecule has 1 aromatic heterocycles. The van der Waals surface area contributed by atoms with Crippen molar-refractivity contribution in [1.82, 2.24) is 9.97 Å². The zero-order valence-electron chi connectivity index (χ0n) is 9.94. The van der Waals surface area contributed by atoms with Gasteiger partial charge in [-0.15, -0.1) is 0 Å². The van der Waals surface area contributed by atoms with Crippen LogP contribution >= 0.6 is 23.4 Å². The first-order valence-corrected chi connectivity index (χ1v) is 6.50. The topological polar surface area (TPSA) is 88.8 Å². The van der Waals surface area contributed by atoms with Gasteiger partial charge in [-0.2, -0.15) is 0 Å². The van der Waals surface area contributed by atoms with Gasteiger partial charge in [0.1, 0.15) is 5.82 Å². The number of nitrogens with one attached hydrogen (secondary N) is 1. The minimum Gasteiger partial charge on any atom is -0.383 e. The first-order valence-electron chi connectivity index (χ1n) is 5.31. The highest BCUT2D eigenvalue weighted by Crippen LogP contribution is 2.31. The van der Waals surface area contributed by atoms with Gasteiger partial charge in [-0.25, -0.2) is 4.98 Å². The van der Waals surface area contributed by atoms with Gasteiger partial charge < -0.3 is 10.7 Å². The second kappa shape index (κ2) is 5.46. The fraction of sp³-hybridized carbons (Fsp3) is 0.0833. The highest BCUT2D eigenvalue weighted by Gasteiger charge is 2.08. The van der Waals surface area contributed by atoms with Gasteiger partial charge in [-0.3, -0.25) is 9.59 Å². The number of Topliss-reactive ketones (excluding diaryl/α,β-unsaturated/α-hetero) is 1. The number of H-pyrrole nitrogens is 1. The van der Waals surface area contributed by atoms with Gasteiger partial charge in [0.25, 0.3) is 5.56 Å². The van der Waals surface area contributed by atoms with Crippen molar-refractivity contribution in [3.8, 4) is 0 Å². The number of halogens is 1. The molecule has 2 aromatic rings. The molecule has 0 saturated carbocycles. The Hall–Kier alpha value is -1.79. The van der Waals surface area contributed by atoms with Crippen LogP contribution in [0.15, 0.2) is 39.1 Å². The van der Waals surface area contributed by atoms with Crippen LogP contribution in [-0.4, -0.2) is 15.8 Å². The number of hydrogen-bond donors (Lipinski definition) is 2. The number of aromatic nitrogens is 2. The third kappa shape index (κ3) is 3.36. The molecule has 5 nitrogen and oxygen atoms in total. The summed E-state index contributed by atoms with van der Waals surface area (Å²) in [6, 6.07) is 6.15. The Morgan fingerprint density at radius 1 is 1.42 bits per heavy atom. The SMILES string of the molecule is CC(=O)c1ccc(Sc2nc(N)cc(=O)[nH]2)c(Cl)c1. The first-order chi connectivity index (χ1) is 8.95. The van der Waals surface area contributed by atoms with Gasteiger partial charge in [0.2, 0.25) is 0 Å². The van der Waals surface area contributed by atoms with E-state index < -0.39 is 0 Å². The van der Waals surface area contributed by atoms with Gasteiger partial charge in [0.05, 0.1) is 5.02 Å². The molecule has 0 atom stereocenters. The normalized spacial score (nSPS) is 10.4. The van der Waals surface area contributed by atoms with Gasteiger partial charge in [0, 0.05) is 16.5 Å². The van der Waals surface area contributed by atoms with Crippen molar-refractivity contribution in [3.63, 3.8) is 0 Å². The van der Waals surface area contributed by atoms with Gasteiger partial charge in [0.15, 0.2) is 10.9 Å². The van der Waals surface area contributed by atoms with Crippen LogP contribution in [0.4, 0.5) is 5.82 Å². The number of rotatable bonds is 3. The lowest BCUT2D eigenvalue weighted by molar-refractivity contribution is 0.101. The molecule has 0 fully saturated rings. The molecule has 0 bridgehead atoms. The number of ketones is 1. The summed E-state index contributed by atoms with van der Waals surface area (Å²) in [7, 11) is 0. The predicted molar refractivity (Wildman–Crippen MR) is 74.8 cm³/mol. The predicted octanol–water partition coefficient (Wildman–Crippen LogP) is 2.36. The molecule has 1 aromatic carbocycles. The van der Waals surface area contributed by atoms with Crippen molar-refractivity contribution in [2.75, 3.05) is 5.73 Å². The number of carbonyl (C=O) groups is 1. The zero-order valence-corrected chi connectivity index (χ0v) is 11.5. The van der Waals surface area contributed by atoms with E-state index in [0.29, 0.717) is 20.6 Å². The van der Waals surface area contributed by atoms with Crippen LogP contribution in [0.1, 0.15) is 17.3 Å². The van der Waals surface area contributed by atoms with Gasteiger partial charge >= 0.3 is 0 Å². The van der Waals surface area contributed by atoms with Crippen LogP contribution in [0.3, 0.4) is 0 Å². The monoisotopic (exact) mass is 295 g/mol. The van der Waals surface area contributed by atoms with E-state index >= 15 is 0 Å². The van der Waals surface area contributed by atoms with E-state index in [1.165, 1.54) is 24.8 Å². The third-order valence-electron chi connectivity index (χ3n) is 2.28. The fourth-order valence-corrected chi connectivity index (χ4v) is 2.51. The van der Waals surface area contributed by atoms with Crippen LogP contribution in [0.25, 0.3) is 0 Å². The second-order valence-corrected chi connectivity index (χ2v) is 5.22.